The first-order chi connectivity index (χ1) is 9.16. The number of aromatic nitrogens is 3. The first kappa shape index (κ1) is 12.3. The van der Waals surface area contributed by atoms with Crippen LogP contribution in [0.3, 0.4) is 0 Å². The van der Waals surface area contributed by atoms with Gasteiger partial charge in [0.15, 0.2) is 0 Å². The molecule has 2 aromatic rings. The molecular formula is C13H15N3O3. The Kier molecular flexibility index (Phi) is 3.06. The van der Waals surface area contributed by atoms with Crippen molar-refractivity contribution in [3.63, 3.8) is 0 Å². The van der Waals surface area contributed by atoms with Gasteiger partial charge in [-0.3, -0.25) is 0 Å². The van der Waals surface area contributed by atoms with E-state index in [1.54, 1.807) is 13.1 Å². The van der Waals surface area contributed by atoms with Gasteiger partial charge in [-0.05, 0) is 19.1 Å². The second-order valence-corrected chi connectivity index (χ2v) is 4.64. The topological polar surface area (TPSA) is 80.4 Å². The molecule has 0 radical (unpaired) electrons. The molecule has 1 saturated heterocycles. The van der Waals surface area contributed by atoms with Gasteiger partial charge in [0.1, 0.15) is 24.0 Å². The van der Waals surface area contributed by atoms with Gasteiger partial charge < -0.3 is 14.9 Å². The Morgan fingerprint density at radius 1 is 1.16 bits per heavy atom. The third kappa shape index (κ3) is 2.14. The second-order valence-electron chi connectivity index (χ2n) is 4.64. The van der Waals surface area contributed by atoms with Crippen LogP contribution in [-0.4, -0.2) is 43.5 Å². The van der Waals surface area contributed by atoms with Crippen LogP contribution in [0.15, 0.2) is 36.5 Å². The van der Waals surface area contributed by atoms with E-state index in [1.165, 1.54) is 4.80 Å². The van der Waals surface area contributed by atoms with Gasteiger partial charge >= 0.3 is 0 Å². The lowest BCUT2D eigenvalue weighted by atomic mass is 10.1. The molecule has 0 bridgehead atoms. The molecule has 0 unspecified atom stereocenters. The van der Waals surface area contributed by atoms with E-state index in [9.17, 15) is 10.2 Å². The molecule has 2 N–H and O–H groups in total. The third-order valence-corrected chi connectivity index (χ3v) is 3.29. The summed E-state index contributed by atoms with van der Waals surface area (Å²) in [6.07, 6.45) is -1.38. The molecule has 6 heteroatoms. The number of aliphatic hydroxyl groups is 2. The van der Waals surface area contributed by atoms with Crippen molar-refractivity contribution in [1.29, 1.82) is 0 Å². The Bertz CT molecular complexity index is 557. The summed E-state index contributed by atoms with van der Waals surface area (Å²) < 4.78 is 5.51. The smallest absolute Gasteiger partial charge is 0.132 e. The van der Waals surface area contributed by atoms with Gasteiger partial charge in [-0.1, -0.05) is 18.2 Å². The monoisotopic (exact) mass is 261 g/mol. The van der Waals surface area contributed by atoms with Crippen LogP contribution in [-0.2, 0) is 4.74 Å². The Morgan fingerprint density at radius 2 is 1.89 bits per heavy atom. The zero-order valence-corrected chi connectivity index (χ0v) is 10.4. The summed E-state index contributed by atoms with van der Waals surface area (Å²) in [5, 5.41) is 28.0. The highest BCUT2D eigenvalue weighted by Crippen LogP contribution is 2.32. The molecule has 1 aliphatic rings. The van der Waals surface area contributed by atoms with Crippen molar-refractivity contribution >= 4 is 0 Å². The molecule has 3 rings (SSSR count). The van der Waals surface area contributed by atoms with E-state index < -0.39 is 24.4 Å². The number of aliphatic hydroxyl groups excluding tert-OH is 2. The average molecular weight is 261 g/mol. The predicted octanol–water partition coefficient (Wildman–Crippen LogP) is 0.449. The van der Waals surface area contributed by atoms with Crippen molar-refractivity contribution in [2.45, 2.75) is 31.3 Å². The normalized spacial score (nSPS) is 30.7. The molecule has 0 spiro atoms. The molecule has 100 valence electrons. The van der Waals surface area contributed by atoms with Crippen molar-refractivity contribution in [2.75, 3.05) is 0 Å². The lowest BCUT2D eigenvalue weighted by Crippen LogP contribution is -2.28. The highest BCUT2D eigenvalue weighted by Gasteiger charge is 2.42. The number of hydrogen-bond donors (Lipinski definition) is 2. The van der Waals surface area contributed by atoms with E-state index >= 15 is 0 Å². The zero-order chi connectivity index (χ0) is 13.4. The summed E-state index contributed by atoms with van der Waals surface area (Å²) in [4.78, 5) is 1.47. The molecular weight excluding hydrogens is 246 g/mol. The number of para-hydroxylation sites is 1. The van der Waals surface area contributed by atoms with Crippen LogP contribution in [0.5, 0.6) is 0 Å². The van der Waals surface area contributed by atoms with Crippen LogP contribution in [0.2, 0.25) is 0 Å². The van der Waals surface area contributed by atoms with Gasteiger partial charge in [-0.25, -0.2) is 0 Å². The lowest BCUT2D eigenvalue weighted by Gasteiger charge is -2.11. The summed E-state index contributed by atoms with van der Waals surface area (Å²) >= 11 is 0. The number of ether oxygens (including phenoxy) is 1. The van der Waals surface area contributed by atoms with E-state index in [0.29, 0.717) is 5.69 Å². The van der Waals surface area contributed by atoms with Crippen LogP contribution in [0, 0.1) is 0 Å². The van der Waals surface area contributed by atoms with Crippen molar-refractivity contribution in [3.05, 3.63) is 42.2 Å². The fraction of sp³-hybridized carbons (Fsp3) is 0.385. The van der Waals surface area contributed by atoms with Crippen molar-refractivity contribution in [1.82, 2.24) is 15.0 Å². The molecule has 6 nitrogen and oxygen atoms in total. The molecule has 19 heavy (non-hydrogen) atoms. The standard InChI is InChI=1S/C13H15N3O3/c1-8-11(17)12(18)13(19-8)10-7-14-16(15-10)9-5-3-2-4-6-9/h2-8,11-13,17-18H,1H3/t8-,11-,12+,13-/m0/s1. The van der Waals surface area contributed by atoms with Gasteiger partial charge in [0, 0.05) is 0 Å². The van der Waals surface area contributed by atoms with Gasteiger partial charge in [-0.2, -0.15) is 15.0 Å². The maximum atomic E-state index is 9.91. The van der Waals surface area contributed by atoms with Gasteiger partial charge in [-0.15, -0.1) is 0 Å². The number of benzene rings is 1. The molecule has 1 aromatic carbocycles. The average Bonchev–Trinajstić information content (AvgIpc) is 3.01. The lowest BCUT2D eigenvalue weighted by molar-refractivity contribution is 0.0123. The summed E-state index contributed by atoms with van der Waals surface area (Å²) in [6.45, 7) is 1.72. The van der Waals surface area contributed by atoms with Crippen LogP contribution in [0.4, 0.5) is 0 Å². The zero-order valence-electron chi connectivity index (χ0n) is 10.4. The van der Waals surface area contributed by atoms with Crippen LogP contribution >= 0.6 is 0 Å². The summed E-state index contributed by atoms with van der Waals surface area (Å²) in [6, 6.07) is 9.46. The third-order valence-electron chi connectivity index (χ3n) is 3.29. The summed E-state index contributed by atoms with van der Waals surface area (Å²) in [5.74, 6) is 0. The van der Waals surface area contributed by atoms with Gasteiger partial charge in [0.2, 0.25) is 0 Å². The highest BCUT2D eigenvalue weighted by molar-refractivity contribution is 5.28. The molecule has 1 fully saturated rings. The summed E-state index contributed by atoms with van der Waals surface area (Å²) in [5.41, 5.74) is 1.34. The number of rotatable bonds is 2. The Hall–Kier alpha value is -1.76. The predicted molar refractivity (Wildman–Crippen MR) is 66.7 cm³/mol. The Morgan fingerprint density at radius 3 is 2.53 bits per heavy atom. The molecule has 4 atom stereocenters. The highest BCUT2D eigenvalue weighted by atomic mass is 16.5. The minimum Gasteiger partial charge on any atom is -0.388 e. The van der Waals surface area contributed by atoms with Crippen LogP contribution < -0.4 is 0 Å². The molecule has 1 aliphatic heterocycles. The molecule has 1 aromatic heterocycles. The number of nitrogens with zero attached hydrogens (tertiary/aromatic N) is 3. The molecule has 0 saturated carbocycles. The van der Waals surface area contributed by atoms with Gasteiger partial charge in [0.05, 0.1) is 18.0 Å². The second kappa shape index (κ2) is 4.73. The van der Waals surface area contributed by atoms with Crippen molar-refractivity contribution in [2.24, 2.45) is 0 Å². The maximum Gasteiger partial charge on any atom is 0.132 e. The molecule has 0 amide bonds. The summed E-state index contributed by atoms with van der Waals surface area (Å²) in [7, 11) is 0. The van der Waals surface area contributed by atoms with E-state index in [0.717, 1.165) is 5.69 Å². The van der Waals surface area contributed by atoms with Crippen molar-refractivity contribution < 1.29 is 14.9 Å². The molecule has 0 aliphatic carbocycles. The fourth-order valence-corrected chi connectivity index (χ4v) is 2.18. The van der Waals surface area contributed by atoms with Crippen LogP contribution in [0.1, 0.15) is 18.7 Å². The molecule has 2 heterocycles. The largest absolute Gasteiger partial charge is 0.388 e. The Labute approximate surface area is 110 Å². The SMILES string of the molecule is C[C@@H]1O[C@@H](c2cnn(-c3ccccc3)n2)[C@H](O)[C@H]1O. The van der Waals surface area contributed by atoms with E-state index in [-0.39, 0.29) is 0 Å². The quantitative estimate of drug-likeness (QED) is 0.820. The minimum atomic E-state index is -0.976. The number of hydrogen-bond acceptors (Lipinski definition) is 5. The van der Waals surface area contributed by atoms with E-state index in [1.807, 2.05) is 30.3 Å². The maximum absolute atomic E-state index is 9.91. The van der Waals surface area contributed by atoms with Crippen molar-refractivity contribution in [3.8, 4) is 5.69 Å². The first-order valence-corrected chi connectivity index (χ1v) is 6.16. The minimum absolute atomic E-state index is 0.415. The Balaban J connectivity index is 1.86. The van der Waals surface area contributed by atoms with Crippen LogP contribution in [0.25, 0.3) is 5.69 Å². The van der Waals surface area contributed by atoms with E-state index in [4.69, 9.17) is 4.74 Å². The first-order valence-electron chi connectivity index (χ1n) is 6.16. The van der Waals surface area contributed by atoms with Gasteiger partial charge in [0.25, 0.3) is 0 Å². The fourth-order valence-electron chi connectivity index (χ4n) is 2.18. The van der Waals surface area contributed by atoms with E-state index in [2.05, 4.69) is 10.2 Å².